The number of nitrogens with one attached hydrogen (secondary N) is 1. The summed E-state index contributed by atoms with van der Waals surface area (Å²) in [5, 5.41) is 8.50. The fraction of sp³-hybridized carbons (Fsp3) is 0.136. The molecule has 0 aliphatic rings. The summed E-state index contributed by atoms with van der Waals surface area (Å²) >= 11 is 6.61. The number of halogens is 1. The maximum atomic E-state index is 12.8. The Morgan fingerprint density at radius 1 is 1.04 bits per heavy atom. The van der Waals surface area contributed by atoms with Gasteiger partial charge in [-0.25, -0.2) is 9.67 Å². The maximum Gasteiger partial charge on any atom is 0.258 e. The first-order valence-corrected chi connectivity index (χ1v) is 9.31. The molecule has 0 unspecified atom stereocenters. The molecular formula is C22H19ClN4O. The molecular weight excluding hydrogens is 372 g/mol. The van der Waals surface area contributed by atoms with E-state index in [1.165, 1.54) is 6.20 Å². The maximum absolute atomic E-state index is 12.8. The molecule has 0 spiro atoms. The van der Waals surface area contributed by atoms with E-state index in [4.69, 9.17) is 11.6 Å². The lowest BCUT2D eigenvalue weighted by Crippen LogP contribution is -2.13. The van der Waals surface area contributed by atoms with Crippen LogP contribution in [0.15, 0.2) is 54.7 Å². The molecule has 0 radical (unpaired) electrons. The molecule has 2 aromatic heterocycles. The number of aryl methyl sites for hydroxylation is 3. The summed E-state index contributed by atoms with van der Waals surface area (Å²) < 4.78 is 1.75. The van der Waals surface area contributed by atoms with E-state index in [2.05, 4.69) is 15.4 Å². The zero-order valence-corrected chi connectivity index (χ0v) is 16.6. The SMILES string of the molecule is Cc1ccc(-n2nc(C)c3c(Cl)c(C(=O)Nc4cccc(C)c4)cnc32)cc1. The minimum Gasteiger partial charge on any atom is -0.322 e. The number of fused-ring (bicyclic) bond motifs is 1. The van der Waals surface area contributed by atoms with Crippen molar-refractivity contribution >= 4 is 34.2 Å². The van der Waals surface area contributed by atoms with Gasteiger partial charge in [-0.3, -0.25) is 4.79 Å². The van der Waals surface area contributed by atoms with Gasteiger partial charge in [-0.05, 0) is 50.6 Å². The second-order valence-corrected chi connectivity index (χ2v) is 7.22. The predicted octanol–water partition coefficient (Wildman–Crippen LogP) is 5.25. The van der Waals surface area contributed by atoms with E-state index in [1.54, 1.807) is 4.68 Å². The quantitative estimate of drug-likeness (QED) is 0.519. The minimum atomic E-state index is -0.299. The lowest BCUT2D eigenvalue weighted by Gasteiger charge is -2.08. The average molecular weight is 391 g/mol. The molecule has 0 atom stereocenters. The number of pyridine rings is 1. The molecule has 5 nitrogen and oxygen atoms in total. The number of rotatable bonds is 3. The van der Waals surface area contributed by atoms with E-state index in [-0.39, 0.29) is 5.91 Å². The molecule has 0 aliphatic heterocycles. The molecule has 1 N–H and O–H groups in total. The van der Waals surface area contributed by atoms with Gasteiger partial charge in [0, 0.05) is 11.9 Å². The molecule has 2 aromatic carbocycles. The number of anilines is 1. The third-order valence-electron chi connectivity index (χ3n) is 4.61. The Kier molecular flexibility index (Phi) is 4.61. The first kappa shape index (κ1) is 18.2. The van der Waals surface area contributed by atoms with Crippen LogP contribution in [0.4, 0.5) is 5.69 Å². The number of nitrogens with zero attached hydrogens (tertiary/aromatic N) is 3. The first-order valence-electron chi connectivity index (χ1n) is 8.93. The van der Waals surface area contributed by atoms with E-state index < -0.39 is 0 Å². The monoisotopic (exact) mass is 390 g/mol. The highest BCUT2D eigenvalue weighted by Crippen LogP contribution is 2.30. The van der Waals surface area contributed by atoms with Crippen LogP contribution in [0.25, 0.3) is 16.7 Å². The van der Waals surface area contributed by atoms with Gasteiger partial charge in [0.25, 0.3) is 5.91 Å². The highest BCUT2D eigenvalue weighted by atomic mass is 35.5. The Labute approximate surface area is 168 Å². The second-order valence-electron chi connectivity index (χ2n) is 6.84. The van der Waals surface area contributed by atoms with Crippen LogP contribution in [0, 0.1) is 20.8 Å². The van der Waals surface area contributed by atoms with Gasteiger partial charge >= 0.3 is 0 Å². The average Bonchev–Trinajstić information content (AvgIpc) is 3.00. The van der Waals surface area contributed by atoms with E-state index in [0.717, 1.165) is 22.5 Å². The van der Waals surface area contributed by atoms with Crippen molar-refractivity contribution in [3.63, 3.8) is 0 Å². The number of benzene rings is 2. The number of hydrogen-bond donors (Lipinski definition) is 1. The minimum absolute atomic E-state index is 0.299. The lowest BCUT2D eigenvalue weighted by molar-refractivity contribution is 0.102. The third-order valence-corrected chi connectivity index (χ3v) is 5.00. The number of carbonyl (C=O) groups excluding carboxylic acids is 1. The molecule has 0 aliphatic carbocycles. The summed E-state index contributed by atoms with van der Waals surface area (Å²) in [6, 6.07) is 15.6. The van der Waals surface area contributed by atoms with Crippen LogP contribution < -0.4 is 5.32 Å². The van der Waals surface area contributed by atoms with Crippen LogP contribution in [0.5, 0.6) is 0 Å². The van der Waals surface area contributed by atoms with E-state index in [1.807, 2.05) is 69.3 Å². The normalized spacial score (nSPS) is 11.0. The molecule has 4 aromatic rings. The zero-order chi connectivity index (χ0) is 19.8. The second kappa shape index (κ2) is 7.09. The highest BCUT2D eigenvalue weighted by molar-refractivity contribution is 6.39. The Hall–Kier alpha value is -3.18. The molecule has 2 heterocycles. The van der Waals surface area contributed by atoms with E-state index in [0.29, 0.717) is 27.3 Å². The van der Waals surface area contributed by atoms with Crippen LogP contribution >= 0.6 is 11.6 Å². The van der Waals surface area contributed by atoms with Crippen LogP contribution in [-0.2, 0) is 0 Å². The van der Waals surface area contributed by atoms with Crippen LogP contribution in [0.1, 0.15) is 27.2 Å². The van der Waals surface area contributed by atoms with Crippen molar-refractivity contribution in [3.05, 3.63) is 82.1 Å². The van der Waals surface area contributed by atoms with Gasteiger partial charge in [0.1, 0.15) is 0 Å². The fourth-order valence-electron chi connectivity index (χ4n) is 3.15. The molecule has 1 amide bonds. The number of hydrogen-bond acceptors (Lipinski definition) is 3. The van der Waals surface area contributed by atoms with Gasteiger partial charge in [-0.15, -0.1) is 0 Å². The molecule has 0 bridgehead atoms. The molecule has 4 rings (SSSR count). The number of amides is 1. The van der Waals surface area contributed by atoms with Gasteiger partial charge in [0.05, 0.1) is 27.4 Å². The Morgan fingerprint density at radius 2 is 1.79 bits per heavy atom. The number of aromatic nitrogens is 3. The smallest absolute Gasteiger partial charge is 0.258 e. The summed E-state index contributed by atoms with van der Waals surface area (Å²) in [4.78, 5) is 17.2. The fourth-order valence-corrected chi connectivity index (χ4v) is 3.51. The summed E-state index contributed by atoms with van der Waals surface area (Å²) in [6.45, 7) is 5.87. The summed E-state index contributed by atoms with van der Waals surface area (Å²) in [5.41, 5.74) is 5.50. The summed E-state index contributed by atoms with van der Waals surface area (Å²) in [6.07, 6.45) is 1.50. The van der Waals surface area contributed by atoms with Crippen molar-refractivity contribution in [1.82, 2.24) is 14.8 Å². The van der Waals surface area contributed by atoms with Crippen LogP contribution in [0.3, 0.4) is 0 Å². The summed E-state index contributed by atoms with van der Waals surface area (Å²) in [5.74, 6) is -0.299. The van der Waals surface area contributed by atoms with Crippen molar-refractivity contribution in [2.24, 2.45) is 0 Å². The molecule has 0 saturated heterocycles. The predicted molar refractivity (Wildman–Crippen MR) is 112 cm³/mol. The first-order chi connectivity index (χ1) is 13.4. The third kappa shape index (κ3) is 3.25. The Morgan fingerprint density at radius 3 is 2.50 bits per heavy atom. The van der Waals surface area contributed by atoms with Crippen molar-refractivity contribution in [2.75, 3.05) is 5.32 Å². The molecule has 6 heteroatoms. The largest absolute Gasteiger partial charge is 0.322 e. The van der Waals surface area contributed by atoms with Crippen molar-refractivity contribution in [1.29, 1.82) is 0 Å². The Bertz CT molecular complexity index is 1200. The van der Waals surface area contributed by atoms with Gasteiger partial charge in [-0.2, -0.15) is 5.10 Å². The van der Waals surface area contributed by atoms with Gasteiger partial charge < -0.3 is 5.32 Å². The molecule has 28 heavy (non-hydrogen) atoms. The standard InChI is InChI=1S/C22H19ClN4O/c1-13-7-9-17(10-8-13)27-21-19(15(3)26-27)20(23)18(12-24-21)22(28)25-16-6-4-5-14(2)11-16/h4-12H,1-3H3,(H,25,28). The molecule has 0 fully saturated rings. The van der Waals surface area contributed by atoms with Crippen LogP contribution in [-0.4, -0.2) is 20.7 Å². The molecule has 0 saturated carbocycles. The van der Waals surface area contributed by atoms with Crippen molar-refractivity contribution in [2.45, 2.75) is 20.8 Å². The summed E-state index contributed by atoms with van der Waals surface area (Å²) in [7, 11) is 0. The van der Waals surface area contributed by atoms with E-state index >= 15 is 0 Å². The van der Waals surface area contributed by atoms with Gasteiger partial charge in [0.2, 0.25) is 0 Å². The van der Waals surface area contributed by atoms with Gasteiger partial charge in [0.15, 0.2) is 5.65 Å². The van der Waals surface area contributed by atoms with Crippen molar-refractivity contribution in [3.8, 4) is 5.69 Å². The van der Waals surface area contributed by atoms with Crippen molar-refractivity contribution < 1.29 is 4.79 Å². The highest BCUT2D eigenvalue weighted by Gasteiger charge is 2.20. The lowest BCUT2D eigenvalue weighted by atomic mass is 10.1. The molecule has 140 valence electrons. The van der Waals surface area contributed by atoms with Crippen LogP contribution in [0.2, 0.25) is 5.02 Å². The zero-order valence-electron chi connectivity index (χ0n) is 15.8. The van der Waals surface area contributed by atoms with E-state index in [9.17, 15) is 4.79 Å². The Balaban J connectivity index is 1.76. The number of carbonyl (C=O) groups is 1. The topological polar surface area (TPSA) is 59.8 Å². The van der Waals surface area contributed by atoms with Gasteiger partial charge in [-0.1, -0.05) is 41.4 Å².